The molecule has 1 aromatic carbocycles. The maximum absolute atomic E-state index is 13.5. The van der Waals surface area contributed by atoms with Crippen LogP contribution in [0.4, 0.5) is 4.39 Å². The smallest absolute Gasteiger partial charge is 0.223 e. The molecule has 20 heavy (non-hydrogen) atoms. The van der Waals surface area contributed by atoms with Gasteiger partial charge in [0, 0.05) is 30.2 Å². The molecule has 4 heteroatoms. The van der Waals surface area contributed by atoms with Crippen LogP contribution in [-0.2, 0) is 4.79 Å². The van der Waals surface area contributed by atoms with E-state index in [-0.39, 0.29) is 11.7 Å². The molecule has 2 nitrogen and oxygen atoms in total. The minimum Gasteiger partial charge on any atom is -0.342 e. The average Bonchev–Trinajstić information content (AvgIpc) is 3.24. The van der Waals surface area contributed by atoms with Crippen molar-refractivity contribution in [1.82, 2.24) is 4.90 Å². The lowest BCUT2D eigenvalue weighted by molar-refractivity contribution is -0.131. The quantitative estimate of drug-likeness (QED) is 0.677. The number of thioether (sulfide) groups is 1. The van der Waals surface area contributed by atoms with E-state index in [2.05, 4.69) is 6.92 Å². The lowest BCUT2D eigenvalue weighted by Gasteiger charge is -2.22. The number of hydrogen-bond donors (Lipinski definition) is 0. The molecule has 0 N–H and O–H groups in total. The van der Waals surface area contributed by atoms with Crippen molar-refractivity contribution >= 4 is 17.7 Å². The van der Waals surface area contributed by atoms with E-state index in [9.17, 15) is 9.18 Å². The first-order valence-electron chi connectivity index (χ1n) is 7.35. The third kappa shape index (κ3) is 4.82. The summed E-state index contributed by atoms with van der Waals surface area (Å²) in [5.74, 6) is 1.38. The first-order chi connectivity index (χ1) is 9.70. The zero-order chi connectivity index (χ0) is 14.4. The van der Waals surface area contributed by atoms with E-state index >= 15 is 0 Å². The Morgan fingerprint density at radius 2 is 2.15 bits per heavy atom. The van der Waals surface area contributed by atoms with Crippen molar-refractivity contribution < 1.29 is 9.18 Å². The summed E-state index contributed by atoms with van der Waals surface area (Å²) in [5, 5.41) is 0. The van der Waals surface area contributed by atoms with Gasteiger partial charge in [0.15, 0.2) is 0 Å². The number of carbonyl (C=O) groups is 1. The Labute approximate surface area is 124 Å². The minimum atomic E-state index is -0.201. The van der Waals surface area contributed by atoms with Gasteiger partial charge in [-0.15, -0.1) is 11.8 Å². The van der Waals surface area contributed by atoms with Gasteiger partial charge in [0.2, 0.25) is 5.91 Å². The van der Waals surface area contributed by atoms with Crippen molar-refractivity contribution in [3.63, 3.8) is 0 Å². The van der Waals surface area contributed by atoms with Crippen molar-refractivity contribution in [2.24, 2.45) is 5.92 Å². The Hall–Kier alpha value is -1.03. The predicted molar refractivity (Wildman–Crippen MR) is 81.3 cm³/mol. The lowest BCUT2D eigenvalue weighted by atomic mass is 10.3. The van der Waals surface area contributed by atoms with E-state index in [4.69, 9.17) is 0 Å². The van der Waals surface area contributed by atoms with E-state index in [0.717, 1.165) is 25.4 Å². The Bertz CT molecular complexity index is 448. The van der Waals surface area contributed by atoms with Gasteiger partial charge in [0.25, 0.3) is 0 Å². The number of hydrogen-bond acceptors (Lipinski definition) is 2. The van der Waals surface area contributed by atoms with Crippen LogP contribution in [0, 0.1) is 11.7 Å². The molecule has 0 saturated heterocycles. The minimum absolute atomic E-state index is 0.201. The average molecular weight is 295 g/mol. The highest BCUT2D eigenvalue weighted by molar-refractivity contribution is 7.99. The Morgan fingerprint density at radius 1 is 1.40 bits per heavy atom. The molecule has 0 atom stereocenters. The molecule has 1 aliphatic rings. The number of carbonyl (C=O) groups excluding carboxylic acids is 1. The van der Waals surface area contributed by atoms with Crippen LogP contribution in [0.1, 0.15) is 32.6 Å². The molecular weight excluding hydrogens is 273 g/mol. The molecule has 1 aromatic rings. The monoisotopic (exact) mass is 295 g/mol. The predicted octanol–water partition coefficient (Wildman–Crippen LogP) is 3.96. The summed E-state index contributed by atoms with van der Waals surface area (Å²) >= 11 is 1.42. The second-order valence-corrected chi connectivity index (χ2v) is 6.45. The molecule has 0 aromatic heterocycles. The maximum atomic E-state index is 13.5. The highest BCUT2D eigenvalue weighted by Crippen LogP contribution is 2.30. The van der Waals surface area contributed by atoms with Crippen molar-refractivity contribution in [3.05, 3.63) is 30.1 Å². The van der Waals surface area contributed by atoms with Gasteiger partial charge in [0.05, 0.1) is 0 Å². The van der Waals surface area contributed by atoms with Crippen LogP contribution in [0.2, 0.25) is 0 Å². The molecule has 1 fully saturated rings. The topological polar surface area (TPSA) is 20.3 Å². The number of rotatable bonds is 8. The van der Waals surface area contributed by atoms with E-state index < -0.39 is 0 Å². The third-order valence-electron chi connectivity index (χ3n) is 3.43. The molecule has 2 rings (SSSR count). The van der Waals surface area contributed by atoms with Gasteiger partial charge in [-0.2, -0.15) is 0 Å². The largest absolute Gasteiger partial charge is 0.342 e. The lowest BCUT2D eigenvalue weighted by Crippen LogP contribution is -2.33. The maximum Gasteiger partial charge on any atom is 0.223 e. The highest BCUT2D eigenvalue weighted by atomic mass is 32.2. The first-order valence-corrected chi connectivity index (χ1v) is 8.34. The molecule has 1 amide bonds. The summed E-state index contributed by atoms with van der Waals surface area (Å²) in [7, 11) is 0. The van der Waals surface area contributed by atoms with Crippen molar-refractivity contribution in [1.29, 1.82) is 0 Å². The molecule has 1 aliphatic carbocycles. The van der Waals surface area contributed by atoms with Gasteiger partial charge in [-0.3, -0.25) is 4.79 Å². The molecular formula is C16H22FNOS. The Kier molecular flexibility index (Phi) is 5.89. The van der Waals surface area contributed by atoms with Crippen molar-refractivity contribution in [2.45, 2.75) is 37.5 Å². The number of halogens is 1. The molecule has 1 saturated carbocycles. The zero-order valence-electron chi connectivity index (χ0n) is 12.0. The van der Waals surface area contributed by atoms with Crippen LogP contribution >= 0.6 is 11.8 Å². The summed E-state index contributed by atoms with van der Waals surface area (Å²) in [4.78, 5) is 14.8. The summed E-state index contributed by atoms with van der Waals surface area (Å²) in [6, 6.07) is 6.73. The Morgan fingerprint density at radius 3 is 2.80 bits per heavy atom. The van der Waals surface area contributed by atoms with E-state index in [1.54, 1.807) is 12.1 Å². The molecule has 0 aliphatic heterocycles. The van der Waals surface area contributed by atoms with Gasteiger partial charge in [-0.1, -0.05) is 19.1 Å². The van der Waals surface area contributed by atoms with E-state index in [0.29, 0.717) is 17.1 Å². The van der Waals surface area contributed by atoms with Gasteiger partial charge < -0.3 is 4.90 Å². The van der Waals surface area contributed by atoms with E-state index in [1.165, 1.54) is 30.7 Å². The van der Waals surface area contributed by atoms with Crippen LogP contribution in [-0.4, -0.2) is 29.6 Å². The Balaban J connectivity index is 1.76. The number of amides is 1. The zero-order valence-corrected chi connectivity index (χ0v) is 12.8. The van der Waals surface area contributed by atoms with Gasteiger partial charge in [0.1, 0.15) is 5.82 Å². The van der Waals surface area contributed by atoms with Crippen molar-refractivity contribution in [2.75, 3.05) is 18.8 Å². The summed E-state index contributed by atoms with van der Waals surface area (Å²) in [6.07, 6.45) is 4.01. The van der Waals surface area contributed by atoms with Crippen molar-refractivity contribution in [3.8, 4) is 0 Å². The number of benzene rings is 1. The normalized spacial score (nSPS) is 14.3. The standard InChI is InChI=1S/C16H22FNOS/c1-2-10-18(12-13-7-8-13)16(19)9-11-20-15-6-4-3-5-14(15)17/h3-6,13H,2,7-12H2,1H3. The van der Waals surface area contributed by atoms with Gasteiger partial charge in [-0.25, -0.2) is 4.39 Å². The summed E-state index contributed by atoms with van der Waals surface area (Å²) < 4.78 is 13.5. The molecule has 0 radical (unpaired) electrons. The van der Waals surface area contributed by atoms with Gasteiger partial charge in [-0.05, 0) is 37.3 Å². The fourth-order valence-electron chi connectivity index (χ4n) is 2.17. The second kappa shape index (κ2) is 7.67. The number of nitrogens with zero attached hydrogens (tertiary/aromatic N) is 1. The third-order valence-corrected chi connectivity index (χ3v) is 4.48. The fraction of sp³-hybridized carbons (Fsp3) is 0.562. The molecule has 0 spiro atoms. The first kappa shape index (κ1) is 15.4. The van der Waals surface area contributed by atoms with Crippen LogP contribution in [0.5, 0.6) is 0 Å². The molecule has 0 heterocycles. The fourth-order valence-corrected chi connectivity index (χ4v) is 3.05. The molecule has 0 unspecified atom stereocenters. The van der Waals surface area contributed by atoms with Crippen LogP contribution in [0.15, 0.2) is 29.2 Å². The summed E-state index contributed by atoms with van der Waals surface area (Å²) in [6.45, 7) is 3.86. The van der Waals surface area contributed by atoms with Gasteiger partial charge >= 0.3 is 0 Å². The van der Waals surface area contributed by atoms with Crippen LogP contribution in [0.3, 0.4) is 0 Å². The molecule has 110 valence electrons. The van der Waals surface area contributed by atoms with Crippen LogP contribution in [0.25, 0.3) is 0 Å². The highest BCUT2D eigenvalue weighted by Gasteiger charge is 2.26. The SMILES string of the molecule is CCCN(CC1CC1)C(=O)CCSc1ccccc1F. The van der Waals surface area contributed by atoms with E-state index in [1.807, 2.05) is 11.0 Å². The molecule has 0 bridgehead atoms. The van der Waals surface area contributed by atoms with Crippen LogP contribution < -0.4 is 0 Å². The summed E-state index contributed by atoms with van der Waals surface area (Å²) in [5.41, 5.74) is 0. The second-order valence-electron chi connectivity index (χ2n) is 5.31.